The first-order chi connectivity index (χ1) is 9.69. The van der Waals surface area contributed by atoms with Crippen molar-refractivity contribution < 1.29 is 9.53 Å². The highest BCUT2D eigenvalue weighted by molar-refractivity contribution is 5.88. The lowest BCUT2D eigenvalue weighted by molar-refractivity contribution is 0.183. The Labute approximate surface area is 120 Å². The third kappa shape index (κ3) is 6.03. The first-order valence-corrected chi connectivity index (χ1v) is 6.99. The van der Waals surface area contributed by atoms with Gasteiger partial charge in [-0.2, -0.15) is 5.10 Å². The maximum absolute atomic E-state index is 11.7. The number of anilines is 1. The molecule has 0 fully saturated rings. The van der Waals surface area contributed by atoms with Crippen LogP contribution in [0.3, 0.4) is 0 Å². The molecule has 2 amide bonds. The molecule has 1 rings (SSSR count). The van der Waals surface area contributed by atoms with Gasteiger partial charge in [0.1, 0.15) is 0 Å². The Morgan fingerprint density at radius 1 is 1.45 bits per heavy atom. The molecule has 7 nitrogen and oxygen atoms in total. The second kappa shape index (κ2) is 9.33. The van der Waals surface area contributed by atoms with E-state index in [1.165, 1.54) is 0 Å². The zero-order valence-electron chi connectivity index (χ0n) is 12.6. The van der Waals surface area contributed by atoms with E-state index in [1.54, 1.807) is 17.9 Å². The number of likely N-dealkylation sites (N-methyl/N-ethyl adjacent to an activating group) is 1. The normalized spacial score (nSPS) is 10.8. The Morgan fingerprint density at radius 3 is 2.85 bits per heavy atom. The van der Waals surface area contributed by atoms with Crippen molar-refractivity contribution in [2.24, 2.45) is 0 Å². The Hall–Kier alpha value is -1.60. The molecule has 0 aromatic carbocycles. The van der Waals surface area contributed by atoms with Crippen molar-refractivity contribution in [3.63, 3.8) is 0 Å². The minimum absolute atomic E-state index is 0.228. The van der Waals surface area contributed by atoms with Crippen molar-refractivity contribution in [2.75, 3.05) is 45.2 Å². The van der Waals surface area contributed by atoms with Gasteiger partial charge < -0.3 is 15.0 Å². The van der Waals surface area contributed by atoms with E-state index in [0.717, 1.165) is 19.6 Å². The summed E-state index contributed by atoms with van der Waals surface area (Å²) in [7, 11) is 1.64. The lowest BCUT2D eigenvalue weighted by atomic mass is 10.4. The number of methoxy groups -OCH3 is 1. The summed E-state index contributed by atoms with van der Waals surface area (Å²) in [6.07, 6.45) is 1.81. The largest absolute Gasteiger partial charge is 0.383 e. The molecule has 0 spiro atoms. The van der Waals surface area contributed by atoms with E-state index in [4.69, 9.17) is 4.74 Å². The van der Waals surface area contributed by atoms with E-state index in [-0.39, 0.29) is 6.03 Å². The molecule has 0 radical (unpaired) electrons. The molecule has 2 N–H and O–H groups in total. The van der Waals surface area contributed by atoms with Gasteiger partial charge in [-0.1, -0.05) is 13.8 Å². The fourth-order valence-corrected chi connectivity index (χ4v) is 1.77. The summed E-state index contributed by atoms with van der Waals surface area (Å²) in [4.78, 5) is 13.9. The Morgan fingerprint density at radius 2 is 2.20 bits per heavy atom. The summed E-state index contributed by atoms with van der Waals surface area (Å²) in [5.74, 6) is 0.543. The summed E-state index contributed by atoms with van der Waals surface area (Å²) in [5, 5.41) is 9.74. The summed E-state index contributed by atoms with van der Waals surface area (Å²) in [5.41, 5.74) is 0. The van der Waals surface area contributed by atoms with Gasteiger partial charge in [-0.15, -0.1) is 0 Å². The summed E-state index contributed by atoms with van der Waals surface area (Å²) in [6, 6.07) is 1.54. The number of carbonyl (C=O) groups excluding carboxylic acids is 1. The second-order valence-electron chi connectivity index (χ2n) is 4.36. The minimum atomic E-state index is -0.228. The number of hydrogen-bond acceptors (Lipinski definition) is 4. The highest BCUT2D eigenvalue weighted by Crippen LogP contribution is 2.01. The third-order valence-corrected chi connectivity index (χ3v) is 3.01. The molecule has 20 heavy (non-hydrogen) atoms. The van der Waals surface area contributed by atoms with Crippen LogP contribution in [0.2, 0.25) is 0 Å². The Balaban J connectivity index is 2.26. The molecule has 0 saturated carbocycles. The molecule has 0 aliphatic carbocycles. The third-order valence-electron chi connectivity index (χ3n) is 3.01. The molecular weight excluding hydrogens is 258 g/mol. The smallest absolute Gasteiger partial charge is 0.320 e. The van der Waals surface area contributed by atoms with E-state index in [1.807, 2.05) is 6.20 Å². The number of nitrogens with zero attached hydrogens (tertiary/aromatic N) is 3. The monoisotopic (exact) mass is 283 g/mol. The van der Waals surface area contributed by atoms with Crippen LogP contribution in [0.25, 0.3) is 0 Å². The van der Waals surface area contributed by atoms with Crippen LogP contribution >= 0.6 is 0 Å². The number of ether oxygens (including phenoxy) is 1. The molecule has 0 unspecified atom stereocenters. The molecule has 1 aromatic heterocycles. The molecular formula is C13H25N5O2. The fraction of sp³-hybridized carbons (Fsp3) is 0.692. The number of nitrogens with one attached hydrogen (secondary N) is 2. The van der Waals surface area contributed by atoms with Gasteiger partial charge in [0.05, 0.1) is 13.2 Å². The molecule has 0 aliphatic heterocycles. The van der Waals surface area contributed by atoms with Crippen LogP contribution in [-0.2, 0) is 11.3 Å². The fourth-order valence-electron chi connectivity index (χ4n) is 1.77. The number of urea groups is 1. The van der Waals surface area contributed by atoms with E-state index in [0.29, 0.717) is 25.5 Å². The van der Waals surface area contributed by atoms with Crippen LogP contribution in [-0.4, -0.2) is 60.6 Å². The summed E-state index contributed by atoms with van der Waals surface area (Å²) < 4.78 is 6.70. The zero-order chi connectivity index (χ0) is 14.8. The van der Waals surface area contributed by atoms with Gasteiger partial charge in [-0.25, -0.2) is 4.79 Å². The standard InChI is InChI=1S/C13H25N5O2/c1-4-17(5-2)9-7-14-13(19)15-12-6-8-18(16-12)10-11-20-3/h6,8H,4-5,7,9-11H2,1-3H3,(H2,14,15,16,19). The highest BCUT2D eigenvalue weighted by atomic mass is 16.5. The van der Waals surface area contributed by atoms with E-state index in [2.05, 4.69) is 34.5 Å². The van der Waals surface area contributed by atoms with Gasteiger partial charge in [0.2, 0.25) is 0 Å². The maximum atomic E-state index is 11.7. The molecule has 1 heterocycles. The van der Waals surface area contributed by atoms with Crippen molar-refractivity contribution in [2.45, 2.75) is 20.4 Å². The van der Waals surface area contributed by atoms with Gasteiger partial charge in [0.15, 0.2) is 5.82 Å². The summed E-state index contributed by atoms with van der Waals surface area (Å²) >= 11 is 0. The van der Waals surface area contributed by atoms with E-state index in [9.17, 15) is 4.79 Å². The number of hydrogen-bond donors (Lipinski definition) is 2. The number of rotatable bonds is 9. The molecule has 0 atom stereocenters. The van der Waals surface area contributed by atoms with Crippen LogP contribution in [0.15, 0.2) is 12.3 Å². The van der Waals surface area contributed by atoms with Gasteiger partial charge in [-0.05, 0) is 13.1 Å². The van der Waals surface area contributed by atoms with Crippen molar-refractivity contribution in [3.8, 4) is 0 Å². The average molecular weight is 283 g/mol. The molecule has 114 valence electrons. The molecule has 7 heteroatoms. The lowest BCUT2D eigenvalue weighted by Gasteiger charge is -2.17. The number of aromatic nitrogens is 2. The quantitative estimate of drug-likeness (QED) is 0.709. The topological polar surface area (TPSA) is 71.4 Å². The van der Waals surface area contributed by atoms with Gasteiger partial charge in [0.25, 0.3) is 0 Å². The van der Waals surface area contributed by atoms with Crippen molar-refractivity contribution >= 4 is 11.8 Å². The molecule has 0 saturated heterocycles. The van der Waals surface area contributed by atoms with Gasteiger partial charge >= 0.3 is 6.03 Å². The average Bonchev–Trinajstić information content (AvgIpc) is 2.89. The molecule has 0 bridgehead atoms. The Bertz CT molecular complexity index is 390. The van der Waals surface area contributed by atoms with Gasteiger partial charge in [0, 0.05) is 32.5 Å². The maximum Gasteiger partial charge on any atom is 0.320 e. The first kappa shape index (κ1) is 16.5. The molecule has 0 aliphatic rings. The number of amides is 2. The van der Waals surface area contributed by atoms with Crippen molar-refractivity contribution in [1.82, 2.24) is 20.0 Å². The van der Waals surface area contributed by atoms with Crippen molar-refractivity contribution in [3.05, 3.63) is 12.3 Å². The zero-order valence-corrected chi connectivity index (χ0v) is 12.6. The van der Waals surface area contributed by atoms with Gasteiger partial charge in [-0.3, -0.25) is 10.00 Å². The number of carbonyl (C=O) groups is 1. The van der Waals surface area contributed by atoms with E-state index < -0.39 is 0 Å². The summed E-state index contributed by atoms with van der Waals surface area (Å²) in [6.45, 7) is 8.93. The SMILES string of the molecule is CCN(CC)CCNC(=O)Nc1ccn(CCOC)n1. The predicted octanol–water partition coefficient (Wildman–Crippen LogP) is 0.993. The van der Waals surface area contributed by atoms with Crippen LogP contribution in [0.4, 0.5) is 10.6 Å². The predicted molar refractivity (Wildman–Crippen MR) is 78.9 cm³/mol. The van der Waals surface area contributed by atoms with Crippen molar-refractivity contribution in [1.29, 1.82) is 0 Å². The minimum Gasteiger partial charge on any atom is -0.383 e. The van der Waals surface area contributed by atoms with Crippen LogP contribution in [0.5, 0.6) is 0 Å². The van der Waals surface area contributed by atoms with Crippen LogP contribution in [0, 0.1) is 0 Å². The van der Waals surface area contributed by atoms with Crippen LogP contribution in [0.1, 0.15) is 13.8 Å². The highest BCUT2D eigenvalue weighted by Gasteiger charge is 2.05. The second-order valence-corrected chi connectivity index (χ2v) is 4.36. The Kier molecular flexibility index (Phi) is 7.67. The van der Waals surface area contributed by atoms with Crippen LogP contribution < -0.4 is 10.6 Å². The lowest BCUT2D eigenvalue weighted by Crippen LogP contribution is -2.37. The first-order valence-electron chi connectivity index (χ1n) is 6.99. The molecule has 1 aromatic rings. The van der Waals surface area contributed by atoms with E-state index >= 15 is 0 Å².